The molecule has 0 bridgehead atoms. The maximum absolute atomic E-state index is 9.98. The first-order valence-corrected chi connectivity index (χ1v) is 6.07. The topological polar surface area (TPSA) is 29.5 Å². The van der Waals surface area contributed by atoms with Crippen molar-refractivity contribution in [3.05, 3.63) is 35.4 Å². The zero-order valence-electron chi connectivity index (χ0n) is 10.3. The smallest absolute Gasteiger partial charge is 0.0814 e. The summed E-state index contributed by atoms with van der Waals surface area (Å²) in [5, 5.41) is 9.98. The van der Waals surface area contributed by atoms with Gasteiger partial charge in [-0.3, -0.25) is 0 Å². The molecule has 2 nitrogen and oxygen atoms in total. The van der Waals surface area contributed by atoms with Crippen LogP contribution in [0.3, 0.4) is 0 Å². The number of hydrogen-bond donors (Lipinski definition) is 1. The summed E-state index contributed by atoms with van der Waals surface area (Å²) in [6.45, 7) is 5.61. The Hall–Kier alpha value is -0.860. The molecular weight excluding hydrogens is 200 g/mol. The highest BCUT2D eigenvalue weighted by molar-refractivity contribution is 5.27. The van der Waals surface area contributed by atoms with Crippen LogP contribution in [0.2, 0.25) is 0 Å². The van der Waals surface area contributed by atoms with Crippen molar-refractivity contribution in [1.29, 1.82) is 0 Å². The van der Waals surface area contributed by atoms with Crippen LogP contribution in [0.5, 0.6) is 0 Å². The predicted octanol–water partition coefficient (Wildman–Crippen LogP) is 3.24. The molecule has 0 fully saturated rings. The van der Waals surface area contributed by atoms with Crippen LogP contribution in [-0.2, 0) is 4.74 Å². The lowest BCUT2D eigenvalue weighted by Crippen LogP contribution is -2.05. The van der Waals surface area contributed by atoms with Gasteiger partial charge in [0, 0.05) is 19.6 Å². The van der Waals surface area contributed by atoms with Gasteiger partial charge >= 0.3 is 0 Å². The van der Waals surface area contributed by atoms with Gasteiger partial charge in [0.25, 0.3) is 0 Å². The summed E-state index contributed by atoms with van der Waals surface area (Å²) in [4.78, 5) is 0. The van der Waals surface area contributed by atoms with Crippen LogP contribution < -0.4 is 0 Å². The lowest BCUT2D eigenvalue weighted by atomic mass is 10.0. The second-order valence-corrected chi connectivity index (χ2v) is 4.13. The van der Waals surface area contributed by atoms with Crippen molar-refractivity contribution in [1.82, 2.24) is 0 Å². The van der Waals surface area contributed by atoms with Crippen molar-refractivity contribution < 1.29 is 9.84 Å². The molecule has 0 amide bonds. The van der Waals surface area contributed by atoms with E-state index in [0.29, 0.717) is 13.0 Å². The van der Waals surface area contributed by atoms with Crippen LogP contribution in [0, 0.1) is 6.92 Å². The fourth-order valence-corrected chi connectivity index (χ4v) is 1.66. The van der Waals surface area contributed by atoms with Crippen molar-refractivity contribution in [2.75, 3.05) is 13.2 Å². The van der Waals surface area contributed by atoms with Gasteiger partial charge in [-0.1, -0.05) is 37.6 Å². The van der Waals surface area contributed by atoms with Crippen molar-refractivity contribution in [3.8, 4) is 0 Å². The molecule has 0 aliphatic carbocycles. The van der Waals surface area contributed by atoms with Gasteiger partial charge in [0.05, 0.1) is 6.10 Å². The highest BCUT2D eigenvalue weighted by Gasteiger charge is 2.08. The van der Waals surface area contributed by atoms with E-state index in [1.165, 1.54) is 0 Å². The predicted molar refractivity (Wildman–Crippen MR) is 66.5 cm³/mol. The number of rotatable bonds is 7. The van der Waals surface area contributed by atoms with Crippen molar-refractivity contribution in [2.45, 2.75) is 39.2 Å². The monoisotopic (exact) mass is 222 g/mol. The molecule has 0 saturated carbocycles. The number of unbranched alkanes of at least 4 members (excludes halogenated alkanes) is 1. The second-order valence-electron chi connectivity index (χ2n) is 4.13. The molecule has 0 aromatic heterocycles. The van der Waals surface area contributed by atoms with E-state index in [1.54, 1.807) is 0 Å². The van der Waals surface area contributed by atoms with E-state index in [1.807, 2.05) is 31.2 Å². The maximum atomic E-state index is 9.98. The molecule has 0 spiro atoms. The summed E-state index contributed by atoms with van der Waals surface area (Å²) in [6.07, 6.45) is 2.53. The van der Waals surface area contributed by atoms with Gasteiger partial charge in [-0.05, 0) is 24.5 Å². The van der Waals surface area contributed by atoms with Crippen molar-refractivity contribution >= 4 is 0 Å². The Morgan fingerprint density at radius 2 is 2.00 bits per heavy atom. The van der Waals surface area contributed by atoms with Gasteiger partial charge in [-0.25, -0.2) is 0 Å². The van der Waals surface area contributed by atoms with E-state index in [4.69, 9.17) is 4.74 Å². The van der Waals surface area contributed by atoms with E-state index in [0.717, 1.165) is 30.6 Å². The lowest BCUT2D eigenvalue weighted by Gasteiger charge is -2.13. The first-order valence-electron chi connectivity index (χ1n) is 6.07. The largest absolute Gasteiger partial charge is 0.388 e. The molecule has 1 aromatic carbocycles. The maximum Gasteiger partial charge on any atom is 0.0814 e. The highest BCUT2D eigenvalue weighted by atomic mass is 16.5. The normalized spacial score (nSPS) is 12.7. The first-order chi connectivity index (χ1) is 7.75. The second kappa shape index (κ2) is 7.42. The minimum Gasteiger partial charge on any atom is -0.388 e. The van der Waals surface area contributed by atoms with Crippen molar-refractivity contribution in [2.24, 2.45) is 0 Å². The molecule has 1 aromatic rings. The van der Waals surface area contributed by atoms with Crippen LogP contribution in [0.1, 0.15) is 43.4 Å². The molecule has 0 saturated heterocycles. The minimum atomic E-state index is -0.400. The van der Waals surface area contributed by atoms with Gasteiger partial charge < -0.3 is 9.84 Å². The van der Waals surface area contributed by atoms with Gasteiger partial charge in [0.15, 0.2) is 0 Å². The molecule has 0 aliphatic heterocycles. The number of hydrogen-bond acceptors (Lipinski definition) is 2. The SMILES string of the molecule is CCCCOCCC(O)c1ccccc1C. The summed E-state index contributed by atoms with van der Waals surface area (Å²) in [5.74, 6) is 0. The quantitative estimate of drug-likeness (QED) is 0.718. The Labute approximate surface area is 98.3 Å². The Kier molecular flexibility index (Phi) is 6.12. The standard InChI is InChI=1S/C14H22O2/c1-3-4-10-16-11-9-14(15)13-8-6-5-7-12(13)2/h5-8,14-15H,3-4,9-11H2,1-2H3. The van der Waals surface area contributed by atoms with Crippen LogP contribution in [0.15, 0.2) is 24.3 Å². The number of aryl methyl sites for hydroxylation is 1. The highest BCUT2D eigenvalue weighted by Crippen LogP contribution is 2.19. The van der Waals surface area contributed by atoms with E-state index in [9.17, 15) is 5.11 Å². The first kappa shape index (κ1) is 13.2. The van der Waals surface area contributed by atoms with E-state index in [-0.39, 0.29) is 0 Å². The Morgan fingerprint density at radius 1 is 1.25 bits per heavy atom. The van der Waals surface area contributed by atoms with Crippen molar-refractivity contribution in [3.63, 3.8) is 0 Å². The fraction of sp³-hybridized carbons (Fsp3) is 0.571. The molecule has 0 radical (unpaired) electrons. The lowest BCUT2D eigenvalue weighted by molar-refractivity contribution is 0.0802. The van der Waals surface area contributed by atoms with Crippen LogP contribution in [0.4, 0.5) is 0 Å². The molecule has 1 rings (SSSR count). The number of aliphatic hydroxyl groups is 1. The van der Waals surface area contributed by atoms with Crippen LogP contribution >= 0.6 is 0 Å². The number of aliphatic hydroxyl groups excluding tert-OH is 1. The van der Waals surface area contributed by atoms with E-state index in [2.05, 4.69) is 6.92 Å². The molecular formula is C14H22O2. The number of ether oxygens (including phenoxy) is 1. The fourth-order valence-electron chi connectivity index (χ4n) is 1.66. The molecule has 0 heterocycles. The molecule has 1 N–H and O–H groups in total. The molecule has 1 atom stereocenters. The molecule has 90 valence electrons. The van der Waals surface area contributed by atoms with Gasteiger partial charge in [-0.2, -0.15) is 0 Å². The summed E-state index contributed by atoms with van der Waals surface area (Å²) in [7, 11) is 0. The van der Waals surface area contributed by atoms with Gasteiger partial charge in [-0.15, -0.1) is 0 Å². The Balaban J connectivity index is 2.30. The molecule has 16 heavy (non-hydrogen) atoms. The third-order valence-corrected chi connectivity index (χ3v) is 2.73. The Bertz CT molecular complexity index is 297. The van der Waals surface area contributed by atoms with Crippen LogP contribution in [-0.4, -0.2) is 18.3 Å². The Morgan fingerprint density at radius 3 is 2.69 bits per heavy atom. The third-order valence-electron chi connectivity index (χ3n) is 2.73. The summed E-state index contributed by atoms with van der Waals surface area (Å²) >= 11 is 0. The summed E-state index contributed by atoms with van der Waals surface area (Å²) < 4.78 is 5.45. The molecule has 1 unspecified atom stereocenters. The minimum absolute atomic E-state index is 0.400. The molecule has 0 aliphatic rings. The number of benzene rings is 1. The van der Waals surface area contributed by atoms with Crippen LogP contribution in [0.25, 0.3) is 0 Å². The summed E-state index contributed by atoms with van der Waals surface area (Å²) in [5.41, 5.74) is 2.16. The van der Waals surface area contributed by atoms with E-state index < -0.39 is 6.10 Å². The average molecular weight is 222 g/mol. The van der Waals surface area contributed by atoms with Gasteiger partial charge in [0.2, 0.25) is 0 Å². The third kappa shape index (κ3) is 4.33. The average Bonchev–Trinajstić information content (AvgIpc) is 2.29. The summed E-state index contributed by atoms with van der Waals surface area (Å²) in [6, 6.07) is 7.95. The van der Waals surface area contributed by atoms with Gasteiger partial charge in [0.1, 0.15) is 0 Å². The van der Waals surface area contributed by atoms with E-state index >= 15 is 0 Å². The molecule has 2 heteroatoms. The zero-order chi connectivity index (χ0) is 11.8. The zero-order valence-corrected chi connectivity index (χ0v) is 10.3.